The van der Waals surface area contributed by atoms with Gasteiger partial charge in [0.2, 0.25) is 5.91 Å². The molecule has 11 heteroatoms. The molecule has 1 amide bonds. The van der Waals surface area contributed by atoms with Crippen LogP contribution in [-0.4, -0.2) is 48.3 Å². The Hall–Kier alpha value is -5.69. The predicted octanol–water partition coefficient (Wildman–Crippen LogP) is 7.63. The SMILES string of the molecule is COc1ccc(C(OC[C@@H](NC(=O)Cn2c3ccccc3c3cc(/C=C/C#N)ccc32)[C@@H](C)O[PH](=O)O)(c2ccccc2)c2ccc(OC)cc2)cc1. The number of para-hydroxylation sites is 1. The van der Waals surface area contributed by atoms with Gasteiger partial charge in [-0.25, -0.2) is 0 Å². The van der Waals surface area contributed by atoms with Crippen molar-refractivity contribution < 1.29 is 33.0 Å². The standard InChI is InChI=1S/C42H40N3O7P/c1-29(52-53(47)48)38(44-41(46)27-45-39-14-8-7-13-36(39)37-26-30(10-9-25-43)15-24-40(37)45)28-51-42(31-11-5-4-6-12-31,32-16-20-34(49-2)21-17-32)33-18-22-35(50-3)23-19-33/h4-24,26,29,38,53H,27-28H2,1-3H3,(H,44,46)(H,47,48)/b10-9+/t29-,38-/m1/s1. The summed E-state index contributed by atoms with van der Waals surface area (Å²) in [5.41, 5.74) is 3.77. The maximum atomic E-state index is 14.0. The fraction of sp³-hybridized carbons (Fsp3) is 0.190. The summed E-state index contributed by atoms with van der Waals surface area (Å²) in [4.78, 5) is 23.8. The summed E-state index contributed by atoms with van der Waals surface area (Å²) in [5, 5.41) is 14.0. The minimum absolute atomic E-state index is 0.0459. The number of hydrogen-bond acceptors (Lipinski definition) is 7. The number of ether oxygens (including phenoxy) is 3. The van der Waals surface area contributed by atoms with Gasteiger partial charge in [-0.3, -0.25) is 9.36 Å². The number of hydrogen-bond donors (Lipinski definition) is 2. The van der Waals surface area contributed by atoms with Crippen molar-refractivity contribution in [2.24, 2.45) is 0 Å². The number of amides is 1. The van der Waals surface area contributed by atoms with Crippen molar-refractivity contribution in [3.8, 4) is 17.6 Å². The lowest BCUT2D eigenvalue weighted by molar-refractivity contribution is -0.124. The van der Waals surface area contributed by atoms with Crippen molar-refractivity contribution >= 4 is 42.0 Å². The van der Waals surface area contributed by atoms with Gasteiger partial charge in [-0.15, -0.1) is 0 Å². The third-order valence-corrected chi connectivity index (χ3v) is 9.87. The molecule has 0 saturated carbocycles. The number of aromatic nitrogens is 1. The van der Waals surface area contributed by atoms with Crippen molar-refractivity contribution in [3.63, 3.8) is 0 Å². The molecule has 0 saturated heterocycles. The van der Waals surface area contributed by atoms with Crippen molar-refractivity contribution in [2.45, 2.75) is 31.2 Å². The molecule has 1 unspecified atom stereocenters. The summed E-state index contributed by atoms with van der Waals surface area (Å²) in [5.74, 6) is 0.998. The molecule has 5 aromatic carbocycles. The highest BCUT2D eigenvalue weighted by atomic mass is 31.1. The Balaban J connectivity index is 1.38. The molecule has 0 aliphatic heterocycles. The smallest absolute Gasteiger partial charge is 0.316 e. The van der Waals surface area contributed by atoms with E-state index in [9.17, 15) is 14.3 Å². The van der Waals surface area contributed by atoms with E-state index in [0.29, 0.717) is 11.5 Å². The number of nitriles is 1. The van der Waals surface area contributed by atoms with E-state index in [4.69, 9.17) is 24.0 Å². The molecule has 0 aliphatic rings. The number of methoxy groups -OCH3 is 2. The number of fused-ring (bicyclic) bond motifs is 3. The van der Waals surface area contributed by atoms with Gasteiger partial charge in [-0.2, -0.15) is 5.26 Å². The number of benzene rings is 5. The van der Waals surface area contributed by atoms with Gasteiger partial charge in [0.1, 0.15) is 23.6 Å². The molecule has 270 valence electrons. The van der Waals surface area contributed by atoms with Crippen LogP contribution in [0.4, 0.5) is 0 Å². The topological polar surface area (TPSA) is 132 Å². The summed E-state index contributed by atoms with van der Waals surface area (Å²) in [6, 6.07) is 39.7. The Morgan fingerprint density at radius 3 is 2.04 bits per heavy atom. The van der Waals surface area contributed by atoms with Crippen molar-refractivity contribution in [3.05, 3.63) is 150 Å². The van der Waals surface area contributed by atoms with Gasteiger partial charge < -0.3 is 33.5 Å². The molecule has 1 heterocycles. The Morgan fingerprint density at radius 2 is 1.43 bits per heavy atom. The zero-order valence-electron chi connectivity index (χ0n) is 29.6. The van der Waals surface area contributed by atoms with Gasteiger partial charge in [0.15, 0.2) is 0 Å². The first-order chi connectivity index (χ1) is 25.8. The summed E-state index contributed by atoms with van der Waals surface area (Å²) < 4.78 is 37.3. The monoisotopic (exact) mass is 729 g/mol. The van der Waals surface area contributed by atoms with Crippen LogP contribution in [0.1, 0.15) is 29.2 Å². The zero-order valence-corrected chi connectivity index (χ0v) is 30.6. The molecule has 6 aromatic rings. The van der Waals surface area contributed by atoms with Crippen LogP contribution >= 0.6 is 8.25 Å². The lowest BCUT2D eigenvalue weighted by Gasteiger charge is -2.38. The van der Waals surface area contributed by atoms with E-state index < -0.39 is 26.0 Å². The molecule has 0 aliphatic carbocycles. The highest BCUT2D eigenvalue weighted by Gasteiger charge is 2.39. The molecule has 0 fully saturated rings. The number of allylic oxidation sites excluding steroid dienone is 1. The van der Waals surface area contributed by atoms with Crippen LogP contribution in [0.2, 0.25) is 0 Å². The van der Waals surface area contributed by atoms with Crippen molar-refractivity contribution in [1.29, 1.82) is 5.26 Å². The molecule has 0 bridgehead atoms. The van der Waals surface area contributed by atoms with Gasteiger partial charge in [0.05, 0.1) is 39.0 Å². The fourth-order valence-electron chi connectivity index (χ4n) is 6.70. The molecule has 1 aromatic heterocycles. The Morgan fingerprint density at radius 1 is 0.849 bits per heavy atom. The molecule has 6 rings (SSSR count). The first-order valence-electron chi connectivity index (χ1n) is 17.0. The van der Waals surface area contributed by atoms with Crippen LogP contribution in [0.25, 0.3) is 27.9 Å². The molecule has 3 atom stereocenters. The van der Waals surface area contributed by atoms with Crippen molar-refractivity contribution in [2.75, 3.05) is 20.8 Å². The Bertz CT molecular complexity index is 2230. The van der Waals surface area contributed by atoms with Gasteiger partial charge in [-0.1, -0.05) is 78.9 Å². The van der Waals surface area contributed by atoms with Crippen LogP contribution in [0.5, 0.6) is 11.5 Å². The predicted molar refractivity (Wildman–Crippen MR) is 206 cm³/mol. The number of nitrogens with zero attached hydrogens (tertiary/aromatic N) is 2. The third kappa shape index (κ3) is 8.05. The van der Waals surface area contributed by atoms with Crippen molar-refractivity contribution in [1.82, 2.24) is 9.88 Å². The minimum atomic E-state index is -3.37. The molecule has 0 spiro atoms. The maximum absolute atomic E-state index is 14.0. The largest absolute Gasteiger partial charge is 0.497 e. The Kier molecular flexibility index (Phi) is 11.7. The number of nitrogens with one attached hydrogen (secondary N) is 1. The molecule has 53 heavy (non-hydrogen) atoms. The lowest BCUT2D eigenvalue weighted by atomic mass is 9.80. The van der Waals surface area contributed by atoms with E-state index in [1.807, 2.05) is 132 Å². The van der Waals surface area contributed by atoms with Gasteiger partial charge in [0.25, 0.3) is 0 Å². The van der Waals surface area contributed by atoms with Gasteiger partial charge >= 0.3 is 8.25 Å². The highest BCUT2D eigenvalue weighted by molar-refractivity contribution is 7.32. The second-order valence-corrected chi connectivity index (χ2v) is 13.2. The Labute approximate surface area is 308 Å². The van der Waals surface area contributed by atoms with E-state index >= 15 is 0 Å². The molecule has 2 N–H and O–H groups in total. The molecular weight excluding hydrogens is 689 g/mol. The fourth-order valence-corrected chi connectivity index (χ4v) is 7.18. The zero-order chi connectivity index (χ0) is 37.4. The average Bonchev–Trinajstić information content (AvgIpc) is 3.49. The van der Waals surface area contributed by atoms with Crippen LogP contribution in [0.3, 0.4) is 0 Å². The van der Waals surface area contributed by atoms with Crippen LogP contribution in [0, 0.1) is 11.3 Å². The number of carbonyl (C=O) groups is 1. The molecular formula is C42H40N3O7P. The van der Waals surface area contributed by atoms with Gasteiger partial charge in [-0.05, 0) is 77.7 Å². The average molecular weight is 730 g/mol. The normalized spacial score (nSPS) is 13.4. The summed E-state index contributed by atoms with van der Waals surface area (Å²) in [6.45, 7) is 1.49. The van der Waals surface area contributed by atoms with E-state index in [1.54, 1.807) is 27.2 Å². The lowest BCUT2D eigenvalue weighted by Crippen LogP contribution is -2.49. The van der Waals surface area contributed by atoms with Crippen LogP contribution in [-0.2, 0) is 30.8 Å². The van der Waals surface area contributed by atoms with E-state index in [0.717, 1.165) is 44.1 Å². The first kappa shape index (κ1) is 37.1. The summed E-state index contributed by atoms with van der Waals surface area (Å²) in [6.07, 6.45) is 2.27. The quantitative estimate of drug-likeness (QED) is 0.0627. The van der Waals surface area contributed by atoms with E-state index in [-0.39, 0.29) is 19.1 Å². The molecule has 10 nitrogen and oxygen atoms in total. The second-order valence-electron chi connectivity index (χ2n) is 12.4. The highest BCUT2D eigenvalue weighted by Crippen LogP contribution is 2.42. The number of carbonyl (C=O) groups excluding carboxylic acids is 1. The van der Waals surface area contributed by atoms with E-state index in [1.165, 1.54) is 6.08 Å². The molecule has 0 radical (unpaired) electrons. The second kappa shape index (κ2) is 16.8. The minimum Gasteiger partial charge on any atom is -0.497 e. The van der Waals surface area contributed by atoms with Crippen LogP contribution < -0.4 is 14.8 Å². The third-order valence-electron chi connectivity index (χ3n) is 9.30. The number of rotatable bonds is 15. The van der Waals surface area contributed by atoms with E-state index in [2.05, 4.69) is 5.32 Å². The maximum Gasteiger partial charge on any atom is 0.316 e. The summed E-state index contributed by atoms with van der Waals surface area (Å²) in [7, 11) is -0.163. The summed E-state index contributed by atoms with van der Waals surface area (Å²) >= 11 is 0. The first-order valence-corrected chi connectivity index (χ1v) is 18.3. The van der Waals surface area contributed by atoms with Gasteiger partial charge in [0, 0.05) is 27.9 Å². The van der Waals surface area contributed by atoms with Crippen LogP contribution in [0.15, 0.2) is 127 Å².